The monoisotopic (exact) mass is 378 g/mol. The first-order chi connectivity index (χ1) is 11.0. The number of primary amides is 1. The Morgan fingerprint density at radius 1 is 1.17 bits per heavy atom. The van der Waals surface area contributed by atoms with Gasteiger partial charge in [0.05, 0.1) is 6.42 Å². The summed E-state index contributed by atoms with van der Waals surface area (Å²) in [5, 5.41) is 2.60. The predicted octanol–water partition coefficient (Wildman–Crippen LogP) is 2.34. The van der Waals surface area contributed by atoms with Crippen LogP contribution in [0.2, 0.25) is 0 Å². The number of carbonyl (C=O) groups excluding carboxylic acids is 2. The highest BCUT2D eigenvalue weighted by atomic mass is 79.9. The van der Waals surface area contributed by atoms with E-state index in [4.69, 9.17) is 5.73 Å². The van der Waals surface area contributed by atoms with E-state index in [0.717, 1.165) is 10.0 Å². The van der Waals surface area contributed by atoms with Crippen LogP contribution in [0.1, 0.15) is 11.1 Å². The van der Waals surface area contributed by atoms with Gasteiger partial charge in [0.1, 0.15) is 11.9 Å². The molecule has 120 valence electrons. The van der Waals surface area contributed by atoms with Gasteiger partial charge in [-0.2, -0.15) is 0 Å². The molecular formula is C17H16BrFN2O2. The molecule has 4 nitrogen and oxygen atoms in total. The molecule has 0 unspecified atom stereocenters. The number of benzene rings is 2. The zero-order valence-corrected chi connectivity index (χ0v) is 13.8. The predicted molar refractivity (Wildman–Crippen MR) is 89.1 cm³/mol. The van der Waals surface area contributed by atoms with Crippen molar-refractivity contribution >= 4 is 27.7 Å². The molecule has 0 aliphatic heterocycles. The molecule has 0 radical (unpaired) electrons. The molecule has 0 heterocycles. The van der Waals surface area contributed by atoms with Crippen molar-refractivity contribution < 1.29 is 14.0 Å². The Labute approximate surface area is 142 Å². The fourth-order valence-electron chi connectivity index (χ4n) is 2.18. The number of nitrogens with two attached hydrogens (primary N) is 1. The maximum Gasteiger partial charge on any atom is 0.240 e. The highest BCUT2D eigenvalue weighted by Crippen LogP contribution is 2.17. The molecule has 0 fully saturated rings. The van der Waals surface area contributed by atoms with Crippen molar-refractivity contribution in [2.45, 2.75) is 18.9 Å². The first-order valence-corrected chi connectivity index (χ1v) is 7.81. The first-order valence-electron chi connectivity index (χ1n) is 7.02. The molecule has 0 aromatic heterocycles. The zero-order valence-electron chi connectivity index (χ0n) is 12.3. The summed E-state index contributed by atoms with van der Waals surface area (Å²) < 4.78 is 14.0. The minimum atomic E-state index is -0.824. The van der Waals surface area contributed by atoms with Gasteiger partial charge in [0.2, 0.25) is 11.8 Å². The molecule has 0 bridgehead atoms. The summed E-state index contributed by atoms with van der Waals surface area (Å²) in [7, 11) is 0. The molecule has 2 amide bonds. The van der Waals surface area contributed by atoms with Crippen molar-refractivity contribution in [3.05, 3.63) is 69.9 Å². The summed E-state index contributed by atoms with van der Waals surface area (Å²) in [5.74, 6) is -1.41. The lowest BCUT2D eigenvalue weighted by molar-refractivity contribution is -0.127. The summed E-state index contributed by atoms with van der Waals surface area (Å²) >= 11 is 3.40. The Hall–Kier alpha value is -2.21. The number of amides is 2. The van der Waals surface area contributed by atoms with Gasteiger partial charge in [0.25, 0.3) is 0 Å². The molecule has 0 aliphatic rings. The van der Waals surface area contributed by atoms with E-state index < -0.39 is 17.8 Å². The van der Waals surface area contributed by atoms with Gasteiger partial charge in [-0.1, -0.05) is 46.3 Å². The van der Waals surface area contributed by atoms with Crippen molar-refractivity contribution in [3.63, 3.8) is 0 Å². The zero-order chi connectivity index (χ0) is 16.8. The number of halogens is 2. The normalized spacial score (nSPS) is 11.7. The van der Waals surface area contributed by atoms with Crippen molar-refractivity contribution in [2.75, 3.05) is 0 Å². The highest BCUT2D eigenvalue weighted by molar-refractivity contribution is 9.10. The summed E-state index contributed by atoms with van der Waals surface area (Å²) in [4.78, 5) is 23.7. The second kappa shape index (κ2) is 7.87. The molecule has 0 saturated carbocycles. The van der Waals surface area contributed by atoms with Gasteiger partial charge < -0.3 is 11.1 Å². The standard InChI is InChI=1S/C17H16BrFN2O2/c18-14-7-2-1-5-12(14)10-15(17(20)23)21-16(22)9-11-4-3-6-13(19)8-11/h1-8,15H,9-10H2,(H2,20,23)(H,21,22)/t15-/m1/s1. The fraction of sp³-hybridized carbons (Fsp3) is 0.176. The van der Waals surface area contributed by atoms with Crippen molar-refractivity contribution in [1.82, 2.24) is 5.32 Å². The Morgan fingerprint density at radius 2 is 1.91 bits per heavy atom. The molecule has 1 atom stereocenters. The molecule has 23 heavy (non-hydrogen) atoms. The third kappa shape index (κ3) is 5.17. The van der Waals surface area contributed by atoms with Crippen LogP contribution < -0.4 is 11.1 Å². The number of hydrogen-bond acceptors (Lipinski definition) is 2. The first kappa shape index (κ1) is 17.1. The molecule has 2 aromatic rings. The van der Waals surface area contributed by atoms with Gasteiger partial charge in [0.15, 0.2) is 0 Å². The van der Waals surface area contributed by atoms with Crippen molar-refractivity contribution in [3.8, 4) is 0 Å². The van der Waals surface area contributed by atoms with Crippen LogP contribution in [0, 0.1) is 5.82 Å². The van der Waals surface area contributed by atoms with Gasteiger partial charge in [-0.25, -0.2) is 4.39 Å². The molecule has 2 aromatic carbocycles. The summed E-state index contributed by atoms with van der Waals surface area (Å²) in [6, 6.07) is 12.3. The van der Waals surface area contributed by atoms with E-state index >= 15 is 0 Å². The van der Waals surface area contributed by atoms with Crippen LogP contribution in [0.25, 0.3) is 0 Å². The number of rotatable bonds is 6. The Morgan fingerprint density at radius 3 is 2.57 bits per heavy atom. The van der Waals surface area contributed by atoms with Gasteiger partial charge in [-0.05, 0) is 29.3 Å². The summed E-state index contributed by atoms with van der Waals surface area (Å²) in [6.07, 6.45) is 0.267. The summed E-state index contributed by atoms with van der Waals surface area (Å²) in [5.41, 5.74) is 6.77. The summed E-state index contributed by atoms with van der Waals surface area (Å²) in [6.45, 7) is 0. The van der Waals surface area contributed by atoms with Crippen LogP contribution >= 0.6 is 15.9 Å². The molecular weight excluding hydrogens is 363 g/mol. The highest BCUT2D eigenvalue weighted by Gasteiger charge is 2.19. The fourth-order valence-corrected chi connectivity index (χ4v) is 2.63. The number of carbonyl (C=O) groups is 2. The third-order valence-corrected chi connectivity index (χ3v) is 4.09. The lowest BCUT2D eigenvalue weighted by Crippen LogP contribution is -2.46. The van der Waals surface area contributed by atoms with Gasteiger partial charge >= 0.3 is 0 Å². The molecule has 0 spiro atoms. The van der Waals surface area contributed by atoms with E-state index in [1.165, 1.54) is 18.2 Å². The van der Waals surface area contributed by atoms with E-state index in [2.05, 4.69) is 21.2 Å². The third-order valence-electron chi connectivity index (χ3n) is 3.31. The number of nitrogens with one attached hydrogen (secondary N) is 1. The van der Waals surface area contributed by atoms with Crippen molar-refractivity contribution in [2.24, 2.45) is 5.73 Å². The van der Waals surface area contributed by atoms with Crippen LogP contribution in [0.5, 0.6) is 0 Å². The quantitative estimate of drug-likeness (QED) is 0.809. The van der Waals surface area contributed by atoms with Crippen LogP contribution in [0.3, 0.4) is 0 Å². The lowest BCUT2D eigenvalue weighted by atomic mass is 10.0. The smallest absolute Gasteiger partial charge is 0.240 e. The van der Waals surface area contributed by atoms with E-state index in [1.807, 2.05) is 24.3 Å². The molecule has 2 rings (SSSR count). The topological polar surface area (TPSA) is 72.2 Å². The minimum Gasteiger partial charge on any atom is -0.368 e. The van der Waals surface area contributed by atoms with E-state index in [9.17, 15) is 14.0 Å². The Balaban J connectivity index is 2.03. The Bertz CT molecular complexity index is 721. The van der Waals surface area contributed by atoms with Gasteiger partial charge in [0, 0.05) is 10.9 Å². The Kier molecular flexibility index (Phi) is 5.87. The van der Waals surface area contributed by atoms with Gasteiger partial charge in [-0.15, -0.1) is 0 Å². The van der Waals surface area contributed by atoms with Gasteiger partial charge in [-0.3, -0.25) is 9.59 Å². The van der Waals surface area contributed by atoms with Crippen molar-refractivity contribution in [1.29, 1.82) is 0 Å². The second-order valence-electron chi connectivity index (χ2n) is 5.12. The molecule has 0 saturated heterocycles. The van der Waals surface area contributed by atoms with Crippen LogP contribution in [0.4, 0.5) is 4.39 Å². The average molecular weight is 379 g/mol. The van der Waals surface area contributed by atoms with Crippen LogP contribution in [-0.2, 0) is 22.4 Å². The average Bonchev–Trinajstić information content (AvgIpc) is 2.48. The van der Waals surface area contributed by atoms with Crippen LogP contribution in [0.15, 0.2) is 53.0 Å². The lowest BCUT2D eigenvalue weighted by Gasteiger charge is -2.16. The van der Waals surface area contributed by atoms with E-state index in [-0.39, 0.29) is 18.7 Å². The maximum absolute atomic E-state index is 13.1. The molecule has 6 heteroatoms. The molecule has 3 N–H and O–H groups in total. The number of hydrogen-bond donors (Lipinski definition) is 2. The second-order valence-corrected chi connectivity index (χ2v) is 5.98. The van der Waals surface area contributed by atoms with Crippen LogP contribution in [-0.4, -0.2) is 17.9 Å². The maximum atomic E-state index is 13.1. The van der Waals surface area contributed by atoms with E-state index in [0.29, 0.717) is 5.56 Å². The minimum absolute atomic E-state index is 0.0164. The SMILES string of the molecule is NC(=O)[C@@H](Cc1ccccc1Br)NC(=O)Cc1cccc(F)c1. The molecule has 0 aliphatic carbocycles. The van der Waals surface area contributed by atoms with E-state index in [1.54, 1.807) is 6.07 Å². The largest absolute Gasteiger partial charge is 0.368 e.